The van der Waals surface area contributed by atoms with Crippen LogP contribution in [0.25, 0.3) is 5.57 Å². The lowest BCUT2D eigenvalue weighted by atomic mass is 9.83. The van der Waals surface area contributed by atoms with Gasteiger partial charge in [-0.2, -0.15) is 13.2 Å². The zero-order valence-electron chi connectivity index (χ0n) is 19.1. The lowest BCUT2D eigenvalue weighted by Crippen LogP contribution is -2.51. The molecular formula is C24H26BF5N2. The molecule has 3 heterocycles. The maximum absolute atomic E-state index is 16.1. The molecule has 0 radical (unpaired) electrons. The lowest BCUT2D eigenvalue weighted by molar-refractivity contribution is -0.363. The van der Waals surface area contributed by atoms with E-state index in [1.807, 2.05) is 13.8 Å². The summed E-state index contributed by atoms with van der Waals surface area (Å²) < 4.78 is 74.9. The van der Waals surface area contributed by atoms with E-state index in [-0.39, 0.29) is 0 Å². The van der Waals surface area contributed by atoms with E-state index in [2.05, 4.69) is 0 Å². The fourth-order valence-corrected chi connectivity index (χ4v) is 5.60. The molecule has 0 amide bonds. The Morgan fingerprint density at radius 2 is 1.66 bits per heavy atom. The molecular weight excluding hydrogens is 422 g/mol. The molecule has 0 N–H and O–H groups in total. The van der Waals surface area contributed by atoms with Crippen LogP contribution in [-0.4, -0.2) is 21.6 Å². The molecule has 2 aromatic rings. The molecule has 2 aliphatic heterocycles. The predicted molar refractivity (Wildman–Crippen MR) is 118 cm³/mol. The number of nitrogens with zero attached hydrogens (tertiary/aromatic N) is 2. The van der Waals surface area contributed by atoms with Gasteiger partial charge in [0.15, 0.2) is 5.70 Å². The van der Waals surface area contributed by atoms with Crippen LogP contribution in [0.3, 0.4) is 0 Å². The molecule has 4 rings (SSSR count). The highest BCUT2D eigenvalue weighted by molar-refractivity contribution is 6.58. The van der Waals surface area contributed by atoms with Crippen molar-refractivity contribution in [3.8, 4) is 0 Å². The summed E-state index contributed by atoms with van der Waals surface area (Å²) in [5, 5.41) is 0. The Labute approximate surface area is 184 Å². The predicted octanol–water partition coefficient (Wildman–Crippen LogP) is 6.90. The van der Waals surface area contributed by atoms with Crippen molar-refractivity contribution in [1.29, 1.82) is 0 Å². The fraction of sp³-hybridized carbons (Fsp3) is 0.375. The Kier molecular flexibility index (Phi) is 5.07. The van der Waals surface area contributed by atoms with E-state index in [1.54, 1.807) is 33.8 Å². The molecule has 0 saturated heterocycles. The number of hydrogen-bond donors (Lipinski definition) is 0. The van der Waals surface area contributed by atoms with Gasteiger partial charge >= 0.3 is 13.1 Å². The van der Waals surface area contributed by atoms with Gasteiger partial charge < -0.3 is 17.6 Å². The van der Waals surface area contributed by atoms with E-state index in [4.69, 9.17) is 0 Å². The molecule has 0 atom stereocenters. The van der Waals surface area contributed by atoms with Crippen LogP contribution in [0.1, 0.15) is 67.8 Å². The Hall–Kier alpha value is -2.64. The smallest absolute Gasteiger partial charge is 0.393 e. The highest BCUT2D eigenvalue weighted by Gasteiger charge is 2.56. The molecule has 0 unspecified atom stereocenters. The minimum absolute atomic E-state index is 0.292. The van der Waals surface area contributed by atoms with Crippen LogP contribution < -0.4 is 0 Å². The molecule has 32 heavy (non-hydrogen) atoms. The summed E-state index contributed by atoms with van der Waals surface area (Å²) in [5.41, 5.74) is 4.50. The number of allylic oxidation sites excluding steroid dienone is 2. The SMILES string of the molecule is CCC1=C(C)C2=C(c3cccc(C(F)(F)F)c3)c3c(C)c(CC)c(C)n3[B-](F)(F)[N+]2=C1C. The van der Waals surface area contributed by atoms with Gasteiger partial charge in [-0.1, -0.05) is 26.0 Å². The van der Waals surface area contributed by atoms with Gasteiger partial charge in [0.05, 0.1) is 11.1 Å². The number of aromatic nitrogens is 1. The Balaban J connectivity index is 2.20. The molecule has 0 saturated carbocycles. The summed E-state index contributed by atoms with van der Waals surface area (Å²) in [6.07, 6.45) is -3.40. The zero-order chi connectivity index (χ0) is 23.7. The Morgan fingerprint density at radius 1 is 1.00 bits per heavy atom. The molecule has 8 heteroatoms. The van der Waals surface area contributed by atoms with Gasteiger partial charge in [0.2, 0.25) is 0 Å². The lowest BCUT2D eigenvalue weighted by Gasteiger charge is -2.34. The Morgan fingerprint density at radius 3 is 2.22 bits per heavy atom. The van der Waals surface area contributed by atoms with Crippen molar-refractivity contribution in [3.05, 3.63) is 74.8 Å². The van der Waals surface area contributed by atoms with Gasteiger partial charge in [0.1, 0.15) is 5.71 Å². The van der Waals surface area contributed by atoms with Crippen LogP contribution in [0, 0.1) is 13.8 Å². The maximum atomic E-state index is 16.1. The van der Waals surface area contributed by atoms with E-state index in [0.717, 1.165) is 32.2 Å². The van der Waals surface area contributed by atoms with Crippen molar-refractivity contribution in [2.24, 2.45) is 0 Å². The van der Waals surface area contributed by atoms with Crippen molar-refractivity contribution in [3.63, 3.8) is 0 Å². The first-order valence-electron chi connectivity index (χ1n) is 10.9. The number of fused-ring (bicyclic) bond motifs is 2. The number of alkyl halides is 3. The summed E-state index contributed by atoms with van der Waals surface area (Å²) in [5.74, 6) is 0. The maximum Gasteiger partial charge on any atom is 0.737 e. The minimum atomic E-state index is -4.53. The first-order chi connectivity index (χ1) is 14.9. The van der Waals surface area contributed by atoms with Gasteiger partial charge in [0.25, 0.3) is 0 Å². The molecule has 2 aliphatic rings. The highest BCUT2D eigenvalue weighted by atomic mass is 19.4. The van der Waals surface area contributed by atoms with Crippen molar-refractivity contribution in [2.45, 2.75) is 60.6 Å². The fourth-order valence-electron chi connectivity index (χ4n) is 5.60. The van der Waals surface area contributed by atoms with Crippen molar-refractivity contribution < 1.29 is 26.3 Å². The number of benzene rings is 1. The second-order valence-corrected chi connectivity index (χ2v) is 8.56. The van der Waals surface area contributed by atoms with Crippen molar-refractivity contribution in [1.82, 2.24) is 4.48 Å². The third kappa shape index (κ3) is 2.87. The first kappa shape index (κ1) is 22.6. The van der Waals surface area contributed by atoms with Crippen LogP contribution in [0.5, 0.6) is 0 Å². The van der Waals surface area contributed by atoms with Crippen LogP contribution in [0.15, 0.2) is 41.1 Å². The zero-order valence-corrected chi connectivity index (χ0v) is 19.1. The van der Waals surface area contributed by atoms with Gasteiger partial charge in [-0.05, 0) is 68.1 Å². The topological polar surface area (TPSA) is 7.94 Å². The molecule has 2 nitrogen and oxygen atoms in total. The van der Waals surface area contributed by atoms with E-state index in [1.165, 1.54) is 6.07 Å². The third-order valence-corrected chi connectivity index (χ3v) is 6.97. The summed E-state index contributed by atoms with van der Waals surface area (Å²) in [7, 11) is 0. The van der Waals surface area contributed by atoms with E-state index >= 15 is 8.63 Å². The van der Waals surface area contributed by atoms with Crippen LogP contribution >= 0.6 is 0 Å². The largest absolute Gasteiger partial charge is 0.737 e. The summed E-state index contributed by atoms with van der Waals surface area (Å²) >= 11 is 0. The van der Waals surface area contributed by atoms with E-state index < -0.39 is 18.7 Å². The quantitative estimate of drug-likeness (QED) is 0.357. The van der Waals surface area contributed by atoms with Gasteiger partial charge in [0, 0.05) is 23.8 Å². The summed E-state index contributed by atoms with van der Waals surface area (Å²) in [6.45, 7) is 6.54. The van der Waals surface area contributed by atoms with Crippen LogP contribution in [-0.2, 0) is 12.6 Å². The Bertz CT molecular complexity index is 1240. The standard InChI is InChI=1S/C24H26BF5N2/c1-7-19-13(3)22-21(17-10-9-11-18(12-17)24(26,27)28)23-14(4)20(8-2)16(6)32(23)25(29,30)31(22)15(19)5/h9-12H,7-8H2,1-6H3. The average molecular weight is 448 g/mol. The highest BCUT2D eigenvalue weighted by Crippen LogP contribution is 2.47. The number of rotatable bonds is 3. The minimum Gasteiger partial charge on any atom is -0.393 e. The van der Waals surface area contributed by atoms with E-state index in [0.29, 0.717) is 57.9 Å². The third-order valence-electron chi connectivity index (χ3n) is 6.97. The van der Waals surface area contributed by atoms with Gasteiger partial charge in [-0.15, -0.1) is 0 Å². The summed E-state index contributed by atoms with van der Waals surface area (Å²) in [4.78, 5) is 0. The molecule has 1 aromatic heterocycles. The second-order valence-electron chi connectivity index (χ2n) is 8.56. The van der Waals surface area contributed by atoms with Crippen LogP contribution in [0.2, 0.25) is 0 Å². The first-order valence-corrected chi connectivity index (χ1v) is 10.9. The normalized spacial score (nSPS) is 18.0. The monoisotopic (exact) mass is 448 g/mol. The van der Waals surface area contributed by atoms with E-state index in [9.17, 15) is 13.2 Å². The van der Waals surface area contributed by atoms with Crippen LogP contribution in [0.4, 0.5) is 21.8 Å². The van der Waals surface area contributed by atoms with Gasteiger partial charge in [-0.25, -0.2) is 0 Å². The molecule has 1 aromatic carbocycles. The average Bonchev–Trinajstić information content (AvgIpc) is 3.12. The molecule has 170 valence electrons. The van der Waals surface area contributed by atoms with Crippen molar-refractivity contribution >= 4 is 18.3 Å². The molecule has 0 spiro atoms. The van der Waals surface area contributed by atoms with Crippen molar-refractivity contribution in [2.75, 3.05) is 0 Å². The second kappa shape index (κ2) is 7.19. The molecule has 0 aliphatic carbocycles. The van der Waals surface area contributed by atoms with Gasteiger partial charge in [-0.3, -0.25) is 0 Å². The number of hydrogen-bond acceptors (Lipinski definition) is 0. The molecule has 0 bridgehead atoms. The molecule has 0 fully saturated rings. The summed E-state index contributed by atoms with van der Waals surface area (Å²) in [6, 6.07) is 5.00. The number of halogens is 5.